The number of rotatable bonds is 3. The summed E-state index contributed by atoms with van der Waals surface area (Å²) in [5.74, 6) is 0.976. The van der Waals surface area contributed by atoms with Crippen molar-refractivity contribution in [1.29, 1.82) is 0 Å². The van der Waals surface area contributed by atoms with Crippen LogP contribution in [0.4, 0.5) is 5.82 Å². The van der Waals surface area contributed by atoms with Crippen molar-refractivity contribution in [3.63, 3.8) is 0 Å². The number of hydrogen-bond donors (Lipinski definition) is 0. The maximum atomic E-state index is 12.7. The molecule has 6 heteroatoms. The van der Waals surface area contributed by atoms with Crippen molar-refractivity contribution in [3.05, 3.63) is 52.9 Å². The van der Waals surface area contributed by atoms with E-state index in [9.17, 15) is 4.79 Å². The SMILES string of the molecule is CCc1cc(C(=O)N2CCN(c3ccccn3)CC2)cc(Cl)n1. The third-order valence-corrected chi connectivity index (χ3v) is 4.19. The smallest absolute Gasteiger partial charge is 0.254 e. The van der Waals surface area contributed by atoms with Gasteiger partial charge in [0.1, 0.15) is 11.0 Å². The number of amides is 1. The Kier molecular flexibility index (Phi) is 4.76. The molecule has 3 rings (SSSR count). The van der Waals surface area contributed by atoms with E-state index in [0.29, 0.717) is 23.8 Å². The number of carbonyl (C=O) groups is 1. The van der Waals surface area contributed by atoms with Crippen LogP contribution in [0.25, 0.3) is 0 Å². The van der Waals surface area contributed by atoms with Crippen LogP contribution in [0.1, 0.15) is 23.0 Å². The fourth-order valence-corrected chi connectivity index (χ4v) is 2.94. The molecule has 5 nitrogen and oxygen atoms in total. The maximum Gasteiger partial charge on any atom is 0.254 e. The van der Waals surface area contributed by atoms with Gasteiger partial charge in [0.25, 0.3) is 5.91 Å². The number of nitrogens with zero attached hydrogens (tertiary/aromatic N) is 4. The number of carbonyl (C=O) groups excluding carboxylic acids is 1. The van der Waals surface area contributed by atoms with Gasteiger partial charge < -0.3 is 9.80 Å². The van der Waals surface area contributed by atoms with Crippen molar-refractivity contribution in [1.82, 2.24) is 14.9 Å². The zero-order chi connectivity index (χ0) is 16.2. The van der Waals surface area contributed by atoms with E-state index < -0.39 is 0 Å². The molecule has 0 aromatic carbocycles. The highest BCUT2D eigenvalue weighted by Gasteiger charge is 2.23. The minimum Gasteiger partial charge on any atom is -0.353 e. The van der Waals surface area contributed by atoms with Crippen LogP contribution < -0.4 is 4.90 Å². The van der Waals surface area contributed by atoms with Crippen molar-refractivity contribution >= 4 is 23.3 Å². The van der Waals surface area contributed by atoms with E-state index in [1.165, 1.54) is 0 Å². The molecule has 0 aliphatic carbocycles. The molecular weight excluding hydrogens is 312 g/mol. The first-order valence-corrected chi connectivity index (χ1v) is 8.17. The van der Waals surface area contributed by atoms with Gasteiger partial charge in [-0.2, -0.15) is 0 Å². The van der Waals surface area contributed by atoms with Crippen LogP contribution >= 0.6 is 11.6 Å². The summed E-state index contributed by atoms with van der Waals surface area (Å²) in [5, 5.41) is 0.375. The van der Waals surface area contributed by atoms with Gasteiger partial charge in [-0.25, -0.2) is 9.97 Å². The Morgan fingerprint density at radius 2 is 2.00 bits per heavy atom. The standard InChI is InChI=1S/C17H19ClN4O/c1-2-14-11-13(12-15(18)20-14)17(23)22-9-7-21(8-10-22)16-5-3-4-6-19-16/h3-6,11-12H,2,7-10H2,1H3. The van der Waals surface area contributed by atoms with Crippen LogP contribution in [-0.2, 0) is 6.42 Å². The molecule has 120 valence electrons. The second-order valence-electron chi connectivity index (χ2n) is 5.49. The van der Waals surface area contributed by atoms with Gasteiger partial charge in [-0.05, 0) is 30.7 Å². The molecule has 1 fully saturated rings. The van der Waals surface area contributed by atoms with E-state index in [0.717, 1.165) is 31.0 Å². The molecule has 0 saturated carbocycles. The number of anilines is 1. The van der Waals surface area contributed by atoms with E-state index in [-0.39, 0.29) is 5.91 Å². The summed E-state index contributed by atoms with van der Waals surface area (Å²) in [5.41, 5.74) is 1.46. The number of hydrogen-bond acceptors (Lipinski definition) is 4. The molecule has 1 aliphatic rings. The van der Waals surface area contributed by atoms with Crippen molar-refractivity contribution in [3.8, 4) is 0 Å². The summed E-state index contributed by atoms with van der Waals surface area (Å²) in [7, 11) is 0. The topological polar surface area (TPSA) is 49.3 Å². The molecule has 23 heavy (non-hydrogen) atoms. The summed E-state index contributed by atoms with van der Waals surface area (Å²) in [6, 6.07) is 9.36. The Balaban J connectivity index is 1.68. The highest BCUT2D eigenvalue weighted by atomic mass is 35.5. The Hall–Kier alpha value is -2.14. The number of pyridine rings is 2. The van der Waals surface area contributed by atoms with E-state index in [1.54, 1.807) is 12.3 Å². The molecule has 1 amide bonds. The van der Waals surface area contributed by atoms with Gasteiger partial charge in [0.05, 0.1) is 0 Å². The molecule has 1 aliphatic heterocycles. The first kappa shape index (κ1) is 15.7. The summed E-state index contributed by atoms with van der Waals surface area (Å²) < 4.78 is 0. The van der Waals surface area contributed by atoms with E-state index in [2.05, 4.69) is 14.9 Å². The molecule has 1 saturated heterocycles. The van der Waals surface area contributed by atoms with Gasteiger partial charge in [-0.15, -0.1) is 0 Å². The van der Waals surface area contributed by atoms with Crippen LogP contribution in [0.5, 0.6) is 0 Å². The normalized spacial score (nSPS) is 14.9. The van der Waals surface area contributed by atoms with Gasteiger partial charge >= 0.3 is 0 Å². The second-order valence-corrected chi connectivity index (χ2v) is 5.88. The molecule has 0 spiro atoms. The minimum absolute atomic E-state index is 0.0182. The summed E-state index contributed by atoms with van der Waals surface area (Å²) in [6.07, 6.45) is 2.55. The second kappa shape index (κ2) is 6.96. The maximum absolute atomic E-state index is 12.7. The Morgan fingerprint density at radius 3 is 2.65 bits per heavy atom. The molecule has 0 radical (unpaired) electrons. The fourth-order valence-electron chi connectivity index (χ4n) is 2.72. The van der Waals surface area contributed by atoms with Gasteiger partial charge in [0.2, 0.25) is 0 Å². The molecule has 0 atom stereocenters. The monoisotopic (exact) mass is 330 g/mol. The van der Waals surface area contributed by atoms with Crippen LogP contribution in [0.3, 0.4) is 0 Å². The highest BCUT2D eigenvalue weighted by Crippen LogP contribution is 2.17. The molecule has 2 aromatic heterocycles. The molecule has 3 heterocycles. The first-order valence-electron chi connectivity index (χ1n) is 7.79. The van der Waals surface area contributed by atoms with Crippen molar-refractivity contribution < 1.29 is 4.79 Å². The van der Waals surface area contributed by atoms with Gasteiger partial charge in [0, 0.05) is 43.6 Å². The van der Waals surface area contributed by atoms with Crippen LogP contribution in [-0.4, -0.2) is 47.0 Å². The Labute approximate surface area is 140 Å². The highest BCUT2D eigenvalue weighted by molar-refractivity contribution is 6.29. The average Bonchev–Trinajstić information content (AvgIpc) is 2.61. The lowest BCUT2D eigenvalue weighted by Gasteiger charge is -2.35. The zero-order valence-corrected chi connectivity index (χ0v) is 13.8. The predicted molar refractivity (Wildman–Crippen MR) is 91.0 cm³/mol. The number of halogens is 1. The lowest BCUT2D eigenvalue weighted by molar-refractivity contribution is 0.0746. The number of aryl methyl sites for hydroxylation is 1. The van der Waals surface area contributed by atoms with Gasteiger partial charge in [-0.3, -0.25) is 4.79 Å². The molecule has 0 bridgehead atoms. The largest absolute Gasteiger partial charge is 0.353 e. The van der Waals surface area contributed by atoms with Crippen molar-refractivity contribution in [2.45, 2.75) is 13.3 Å². The van der Waals surface area contributed by atoms with Crippen LogP contribution in [0.15, 0.2) is 36.5 Å². The lowest BCUT2D eigenvalue weighted by Crippen LogP contribution is -2.49. The minimum atomic E-state index is 0.0182. The zero-order valence-electron chi connectivity index (χ0n) is 13.1. The Bertz CT molecular complexity index is 684. The summed E-state index contributed by atoms with van der Waals surface area (Å²) in [4.78, 5) is 25.3. The summed E-state index contributed by atoms with van der Waals surface area (Å²) >= 11 is 6.02. The van der Waals surface area contributed by atoms with Gasteiger partial charge in [-0.1, -0.05) is 24.6 Å². The third kappa shape index (κ3) is 3.62. The lowest BCUT2D eigenvalue weighted by atomic mass is 10.1. The molecule has 0 unspecified atom stereocenters. The number of piperazine rings is 1. The van der Waals surface area contributed by atoms with Crippen LogP contribution in [0, 0.1) is 0 Å². The first-order chi connectivity index (χ1) is 11.2. The molecule has 0 N–H and O–H groups in total. The van der Waals surface area contributed by atoms with E-state index in [4.69, 9.17) is 11.6 Å². The Morgan fingerprint density at radius 1 is 1.22 bits per heavy atom. The number of aromatic nitrogens is 2. The van der Waals surface area contributed by atoms with Crippen molar-refractivity contribution in [2.75, 3.05) is 31.1 Å². The quantitative estimate of drug-likeness (QED) is 0.812. The predicted octanol–water partition coefficient (Wildman–Crippen LogP) is 2.65. The third-order valence-electron chi connectivity index (χ3n) is 4.00. The fraction of sp³-hybridized carbons (Fsp3) is 0.353. The van der Waals surface area contributed by atoms with E-state index in [1.807, 2.05) is 36.1 Å². The van der Waals surface area contributed by atoms with Crippen molar-refractivity contribution in [2.24, 2.45) is 0 Å². The average molecular weight is 331 g/mol. The van der Waals surface area contributed by atoms with E-state index >= 15 is 0 Å². The van der Waals surface area contributed by atoms with Crippen LogP contribution in [0.2, 0.25) is 5.15 Å². The van der Waals surface area contributed by atoms with Gasteiger partial charge in [0.15, 0.2) is 0 Å². The summed E-state index contributed by atoms with van der Waals surface area (Å²) in [6.45, 7) is 4.91. The molecule has 2 aromatic rings. The molecular formula is C17H19ClN4O.